The van der Waals surface area contributed by atoms with Crippen LogP contribution in [0.25, 0.3) is 0 Å². The molecule has 1 amide bonds. The Labute approximate surface area is 159 Å². The van der Waals surface area contributed by atoms with Gasteiger partial charge in [-0.3, -0.25) is 9.59 Å². The number of nitrogens with zero attached hydrogens (tertiary/aromatic N) is 1. The zero-order valence-corrected chi connectivity index (χ0v) is 16.2. The number of amides is 1. The second kappa shape index (κ2) is 7.59. The maximum absolute atomic E-state index is 12.7. The highest BCUT2D eigenvalue weighted by Crippen LogP contribution is 2.33. The zero-order valence-electron chi connectivity index (χ0n) is 15.4. The number of hydrogen-bond acceptors (Lipinski definition) is 5. The Bertz CT molecular complexity index is 813. The smallest absolute Gasteiger partial charge is 0.313 e. The number of benzene rings is 1. The Balaban J connectivity index is 1.74. The first-order valence-electron chi connectivity index (χ1n) is 9.16. The lowest BCUT2D eigenvalue weighted by Gasteiger charge is -2.23. The van der Waals surface area contributed by atoms with Crippen LogP contribution in [0.4, 0.5) is 0 Å². The Morgan fingerprint density at radius 2 is 1.85 bits per heavy atom. The fourth-order valence-electron chi connectivity index (χ4n) is 4.04. The standard InChI is InChI=1S/C19H25NO6S/c1-26-13-19(18(22)23)10-11-20(12-19)17(21)14-6-8-16(9-7-14)27(24,25)15-4-2-3-5-15/h6-9,15H,2-5,10-13H2,1H3,(H,22,23). The van der Waals surface area contributed by atoms with E-state index in [-0.39, 0.29) is 29.2 Å². The molecule has 2 fully saturated rings. The number of rotatable bonds is 6. The van der Waals surface area contributed by atoms with Crippen molar-refractivity contribution in [1.29, 1.82) is 0 Å². The molecule has 1 unspecified atom stereocenters. The second-order valence-corrected chi connectivity index (χ2v) is 9.70. The van der Waals surface area contributed by atoms with E-state index in [9.17, 15) is 23.1 Å². The molecule has 1 heterocycles. The number of likely N-dealkylation sites (tertiary alicyclic amines) is 1. The first-order chi connectivity index (χ1) is 12.8. The van der Waals surface area contributed by atoms with Gasteiger partial charge in [-0.05, 0) is 43.5 Å². The van der Waals surface area contributed by atoms with E-state index in [4.69, 9.17) is 4.74 Å². The van der Waals surface area contributed by atoms with Crippen molar-refractivity contribution < 1.29 is 27.9 Å². The van der Waals surface area contributed by atoms with Crippen LogP contribution in [0.5, 0.6) is 0 Å². The van der Waals surface area contributed by atoms with Gasteiger partial charge in [0.2, 0.25) is 0 Å². The van der Waals surface area contributed by atoms with Crippen LogP contribution in [0.15, 0.2) is 29.2 Å². The van der Waals surface area contributed by atoms with E-state index in [1.807, 2.05) is 0 Å². The predicted molar refractivity (Wildman–Crippen MR) is 98.3 cm³/mol. The molecule has 7 nitrogen and oxygen atoms in total. The average Bonchev–Trinajstić information content (AvgIpc) is 3.33. The SMILES string of the molecule is COCC1(C(=O)O)CCN(C(=O)c2ccc(S(=O)(=O)C3CCCC3)cc2)C1. The maximum atomic E-state index is 12.7. The first-order valence-corrected chi connectivity index (χ1v) is 10.7. The molecular formula is C19H25NO6S. The van der Waals surface area contributed by atoms with Gasteiger partial charge in [-0.2, -0.15) is 0 Å². The van der Waals surface area contributed by atoms with E-state index in [2.05, 4.69) is 0 Å². The second-order valence-electron chi connectivity index (χ2n) is 7.47. The molecule has 2 aliphatic rings. The molecule has 148 valence electrons. The van der Waals surface area contributed by atoms with Crippen molar-refractivity contribution in [2.24, 2.45) is 5.41 Å². The van der Waals surface area contributed by atoms with Crippen molar-refractivity contribution >= 4 is 21.7 Å². The highest BCUT2D eigenvalue weighted by Gasteiger charge is 2.46. The molecule has 1 atom stereocenters. The maximum Gasteiger partial charge on any atom is 0.313 e. The molecule has 0 spiro atoms. The summed E-state index contributed by atoms with van der Waals surface area (Å²) in [6.07, 6.45) is 3.57. The summed E-state index contributed by atoms with van der Waals surface area (Å²) in [6, 6.07) is 6.00. The topological polar surface area (TPSA) is 101 Å². The fraction of sp³-hybridized carbons (Fsp3) is 0.579. The van der Waals surface area contributed by atoms with Gasteiger partial charge in [0.05, 0.1) is 16.8 Å². The molecule has 0 radical (unpaired) electrons. The van der Waals surface area contributed by atoms with Gasteiger partial charge in [-0.1, -0.05) is 12.8 Å². The van der Waals surface area contributed by atoms with E-state index in [1.54, 1.807) is 0 Å². The van der Waals surface area contributed by atoms with Gasteiger partial charge in [-0.15, -0.1) is 0 Å². The van der Waals surface area contributed by atoms with Crippen molar-refractivity contribution in [1.82, 2.24) is 4.90 Å². The van der Waals surface area contributed by atoms with Crippen molar-refractivity contribution in [3.63, 3.8) is 0 Å². The Morgan fingerprint density at radius 1 is 1.22 bits per heavy atom. The first kappa shape index (κ1) is 19.8. The number of hydrogen-bond donors (Lipinski definition) is 1. The summed E-state index contributed by atoms with van der Waals surface area (Å²) in [5, 5.41) is 9.18. The fourth-order valence-corrected chi connectivity index (χ4v) is 5.89. The molecule has 27 heavy (non-hydrogen) atoms. The number of carbonyl (C=O) groups excluding carboxylic acids is 1. The monoisotopic (exact) mass is 395 g/mol. The van der Waals surface area contributed by atoms with E-state index < -0.39 is 21.2 Å². The molecule has 1 saturated heterocycles. The van der Waals surface area contributed by atoms with E-state index in [0.717, 1.165) is 12.8 Å². The van der Waals surface area contributed by atoms with Crippen molar-refractivity contribution in [3.8, 4) is 0 Å². The summed E-state index contributed by atoms with van der Waals surface area (Å²) in [7, 11) is -1.91. The summed E-state index contributed by atoms with van der Waals surface area (Å²) < 4.78 is 30.3. The third-order valence-electron chi connectivity index (χ3n) is 5.69. The molecule has 0 aromatic heterocycles. The van der Waals surface area contributed by atoms with Gasteiger partial charge in [0.15, 0.2) is 9.84 Å². The van der Waals surface area contributed by atoms with Crippen LogP contribution in [0.1, 0.15) is 42.5 Å². The average molecular weight is 395 g/mol. The largest absolute Gasteiger partial charge is 0.481 e. The minimum atomic E-state index is -3.36. The Kier molecular flexibility index (Phi) is 5.58. The van der Waals surface area contributed by atoms with E-state index >= 15 is 0 Å². The van der Waals surface area contributed by atoms with Crippen molar-refractivity contribution in [3.05, 3.63) is 29.8 Å². The molecule has 1 saturated carbocycles. The van der Waals surface area contributed by atoms with E-state index in [0.29, 0.717) is 31.4 Å². The summed E-state index contributed by atoms with van der Waals surface area (Å²) in [4.78, 5) is 26.1. The van der Waals surface area contributed by atoms with Gasteiger partial charge < -0.3 is 14.7 Å². The number of ether oxygens (including phenoxy) is 1. The Morgan fingerprint density at radius 3 is 2.41 bits per heavy atom. The highest BCUT2D eigenvalue weighted by molar-refractivity contribution is 7.92. The molecule has 1 aromatic rings. The summed E-state index contributed by atoms with van der Waals surface area (Å²) >= 11 is 0. The zero-order chi connectivity index (χ0) is 19.7. The van der Waals surface area contributed by atoms with E-state index in [1.165, 1.54) is 36.3 Å². The lowest BCUT2D eigenvalue weighted by Crippen LogP contribution is -2.40. The molecular weight excluding hydrogens is 370 g/mol. The highest BCUT2D eigenvalue weighted by atomic mass is 32.2. The van der Waals surface area contributed by atoms with Crippen molar-refractivity contribution in [2.45, 2.75) is 42.2 Å². The number of methoxy groups -OCH3 is 1. The summed E-state index contributed by atoms with van der Waals surface area (Å²) in [5.41, 5.74) is -0.727. The lowest BCUT2D eigenvalue weighted by molar-refractivity contribution is -0.151. The van der Waals surface area contributed by atoms with Crippen LogP contribution in [0, 0.1) is 5.41 Å². The molecule has 1 aliphatic carbocycles. The van der Waals surface area contributed by atoms with Crippen molar-refractivity contribution in [2.75, 3.05) is 26.8 Å². The normalized spacial score (nSPS) is 23.7. The number of sulfone groups is 1. The Hall–Kier alpha value is -1.93. The minimum absolute atomic E-state index is 0.0463. The van der Waals surface area contributed by atoms with Crippen LogP contribution < -0.4 is 0 Å². The third kappa shape index (κ3) is 3.73. The quantitative estimate of drug-likeness (QED) is 0.790. The summed E-state index contributed by atoms with van der Waals surface area (Å²) in [6.45, 7) is 0.457. The van der Waals surface area contributed by atoms with Gasteiger partial charge >= 0.3 is 5.97 Å². The molecule has 1 aliphatic heterocycles. The number of carboxylic acids is 1. The third-order valence-corrected chi connectivity index (χ3v) is 7.96. The number of carboxylic acid groups (broad SMARTS) is 1. The molecule has 1 N–H and O–H groups in total. The predicted octanol–water partition coefficient (Wildman–Crippen LogP) is 1.97. The van der Waals surface area contributed by atoms with Gasteiger partial charge in [0.1, 0.15) is 5.41 Å². The molecule has 3 rings (SSSR count). The van der Waals surface area contributed by atoms with Crippen LogP contribution in [0.2, 0.25) is 0 Å². The molecule has 0 bridgehead atoms. The van der Waals surface area contributed by atoms with Crippen LogP contribution in [0.3, 0.4) is 0 Å². The van der Waals surface area contributed by atoms with Crippen LogP contribution >= 0.6 is 0 Å². The van der Waals surface area contributed by atoms with Crippen LogP contribution in [-0.2, 0) is 19.4 Å². The number of aliphatic carboxylic acids is 1. The molecule has 8 heteroatoms. The number of carbonyl (C=O) groups is 2. The van der Waals surface area contributed by atoms with Gasteiger partial charge in [0.25, 0.3) is 5.91 Å². The lowest BCUT2D eigenvalue weighted by atomic mass is 9.88. The van der Waals surface area contributed by atoms with Gasteiger partial charge in [-0.25, -0.2) is 8.42 Å². The molecule has 1 aromatic carbocycles. The minimum Gasteiger partial charge on any atom is -0.481 e. The van der Waals surface area contributed by atoms with Gasteiger partial charge in [0, 0.05) is 25.8 Å². The summed E-state index contributed by atoms with van der Waals surface area (Å²) in [5.74, 6) is -1.27. The van der Waals surface area contributed by atoms with Crippen LogP contribution in [-0.4, -0.2) is 62.4 Å².